The highest BCUT2D eigenvalue weighted by Gasteiger charge is 2.11. The van der Waals surface area contributed by atoms with Crippen LogP contribution in [0, 0.1) is 0 Å². The van der Waals surface area contributed by atoms with Crippen LogP contribution in [0.3, 0.4) is 0 Å². The second kappa shape index (κ2) is 5.94. The average Bonchev–Trinajstić information content (AvgIpc) is 2.00. The number of carbonyl (C=O) groups excluding carboxylic acids is 1. The van der Waals surface area contributed by atoms with E-state index in [0.717, 1.165) is 0 Å². The van der Waals surface area contributed by atoms with E-state index in [2.05, 4.69) is 5.32 Å². The lowest BCUT2D eigenvalue weighted by molar-refractivity contribution is -0.144. The van der Waals surface area contributed by atoms with Crippen molar-refractivity contribution in [2.75, 3.05) is 26.9 Å². The van der Waals surface area contributed by atoms with Gasteiger partial charge in [-0.3, -0.25) is 4.79 Å². The second-order valence-electron chi connectivity index (χ2n) is 3.82. The van der Waals surface area contributed by atoms with E-state index in [0.29, 0.717) is 13.2 Å². The van der Waals surface area contributed by atoms with Crippen LogP contribution in [-0.4, -0.2) is 38.4 Å². The van der Waals surface area contributed by atoms with Crippen molar-refractivity contribution in [3.8, 4) is 0 Å². The number of ether oxygens (including phenoxy) is 2. The van der Waals surface area contributed by atoms with Gasteiger partial charge in [0.2, 0.25) is 0 Å². The summed E-state index contributed by atoms with van der Waals surface area (Å²) in [5, 5.41) is 3.03. The van der Waals surface area contributed by atoms with E-state index in [1.165, 1.54) is 0 Å². The van der Waals surface area contributed by atoms with Gasteiger partial charge in [-0.05, 0) is 20.8 Å². The molecule has 0 unspecified atom stereocenters. The van der Waals surface area contributed by atoms with Gasteiger partial charge in [-0.25, -0.2) is 0 Å². The molecule has 0 heterocycles. The zero-order valence-electron chi connectivity index (χ0n) is 8.85. The molecule has 0 bridgehead atoms. The lowest BCUT2D eigenvalue weighted by Crippen LogP contribution is -2.40. The van der Waals surface area contributed by atoms with Crippen LogP contribution in [0.15, 0.2) is 0 Å². The van der Waals surface area contributed by atoms with Gasteiger partial charge in [0.1, 0.15) is 6.61 Å². The molecule has 4 nitrogen and oxygen atoms in total. The van der Waals surface area contributed by atoms with E-state index in [-0.39, 0.29) is 18.1 Å². The Morgan fingerprint density at radius 2 is 1.92 bits per heavy atom. The molecule has 0 rings (SSSR count). The summed E-state index contributed by atoms with van der Waals surface area (Å²) in [6.07, 6.45) is 0. The first-order valence-corrected chi connectivity index (χ1v) is 4.35. The standard InChI is InChI=1S/C9H19NO3/c1-9(2,3)10-7-8(11)13-6-5-12-4/h10H,5-7H2,1-4H3. The summed E-state index contributed by atoms with van der Waals surface area (Å²) in [6.45, 7) is 7.00. The molecule has 0 aromatic heterocycles. The largest absolute Gasteiger partial charge is 0.462 e. The van der Waals surface area contributed by atoms with Crippen molar-refractivity contribution in [2.45, 2.75) is 26.3 Å². The maximum Gasteiger partial charge on any atom is 0.320 e. The van der Waals surface area contributed by atoms with Gasteiger partial charge < -0.3 is 14.8 Å². The molecule has 1 N–H and O–H groups in total. The Kier molecular flexibility index (Phi) is 5.66. The van der Waals surface area contributed by atoms with Crippen LogP contribution < -0.4 is 5.32 Å². The zero-order chi connectivity index (χ0) is 10.3. The summed E-state index contributed by atoms with van der Waals surface area (Å²) < 4.78 is 9.59. The number of hydrogen-bond donors (Lipinski definition) is 1. The highest BCUT2D eigenvalue weighted by molar-refractivity contribution is 5.71. The molecule has 0 spiro atoms. The molecule has 0 saturated carbocycles. The number of carbonyl (C=O) groups is 1. The molecular formula is C9H19NO3. The lowest BCUT2D eigenvalue weighted by atomic mass is 10.1. The van der Waals surface area contributed by atoms with Gasteiger partial charge in [0.15, 0.2) is 0 Å². The molecule has 0 radical (unpaired) electrons. The highest BCUT2D eigenvalue weighted by atomic mass is 16.6. The van der Waals surface area contributed by atoms with Crippen molar-refractivity contribution in [3.05, 3.63) is 0 Å². The van der Waals surface area contributed by atoms with Gasteiger partial charge >= 0.3 is 5.97 Å². The third-order valence-corrected chi connectivity index (χ3v) is 1.31. The Bertz CT molecular complexity index is 151. The fourth-order valence-corrected chi connectivity index (χ4v) is 0.627. The Balaban J connectivity index is 3.41. The molecule has 0 amide bonds. The molecule has 0 aliphatic heterocycles. The van der Waals surface area contributed by atoms with Crippen molar-refractivity contribution in [2.24, 2.45) is 0 Å². The second-order valence-corrected chi connectivity index (χ2v) is 3.82. The summed E-state index contributed by atoms with van der Waals surface area (Å²) in [4.78, 5) is 11.0. The van der Waals surface area contributed by atoms with E-state index in [9.17, 15) is 4.79 Å². The van der Waals surface area contributed by atoms with Crippen LogP contribution in [0.5, 0.6) is 0 Å². The molecule has 13 heavy (non-hydrogen) atoms. The van der Waals surface area contributed by atoms with E-state index >= 15 is 0 Å². The summed E-state index contributed by atoms with van der Waals surface area (Å²) in [5.74, 6) is -0.244. The highest BCUT2D eigenvalue weighted by Crippen LogP contribution is 1.97. The smallest absolute Gasteiger partial charge is 0.320 e. The number of rotatable bonds is 5. The topological polar surface area (TPSA) is 47.6 Å². The molecular weight excluding hydrogens is 170 g/mol. The first-order valence-electron chi connectivity index (χ1n) is 4.35. The Morgan fingerprint density at radius 3 is 2.38 bits per heavy atom. The van der Waals surface area contributed by atoms with Gasteiger partial charge in [-0.2, -0.15) is 0 Å². The molecule has 0 aliphatic carbocycles. The summed E-state index contributed by atoms with van der Waals surface area (Å²) >= 11 is 0. The fraction of sp³-hybridized carbons (Fsp3) is 0.889. The maximum absolute atomic E-state index is 11.0. The van der Waals surface area contributed by atoms with Gasteiger partial charge in [0, 0.05) is 12.6 Å². The van der Waals surface area contributed by atoms with Crippen molar-refractivity contribution in [3.63, 3.8) is 0 Å². The van der Waals surface area contributed by atoms with Gasteiger partial charge in [0.05, 0.1) is 13.2 Å². The van der Waals surface area contributed by atoms with E-state index in [1.807, 2.05) is 20.8 Å². The Morgan fingerprint density at radius 1 is 1.31 bits per heavy atom. The third-order valence-electron chi connectivity index (χ3n) is 1.31. The van der Waals surface area contributed by atoms with Gasteiger partial charge in [-0.1, -0.05) is 0 Å². The van der Waals surface area contributed by atoms with Crippen LogP contribution >= 0.6 is 0 Å². The monoisotopic (exact) mass is 189 g/mol. The predicted molar refractivity (Wildman–Crippen MR) is 50.6 cm³/mol. The van der Waals surface area contributed by atoms with E-state index in [4.69, 9.17) is 9.47 Å². The average molecular weight is 189 g/mol. The van der Waals surface area contributed by atoms with Crippen LogP contribution in [-0.2, 0) is 14.3 Å². The van der Waals surface area contributed by atoms with Gasteiger partial charge in [-0.15, -0.1) is 0 Å². The maximum atomic E-state index is 11.0. The minimum Gasteiger partial charge on any atom is -0.462 e. The number of nitrogens with one attached hydrogen (secondary N) is 1. The van der Waals surface area contributed by atoms with Crippen LogP contribution in [0.25, 0.3) is 0 Å². The quantitative estimate of drug-likeness (QED) is 0.507. The predicted octanol–water partition coefficient (Wildman–Crippen LogP) is 0.564. The van der Waals surface area contributed by atoms with Crippen molar-refractivity contribution in [1.29, 1.82) is 0 Å². The first kappa shape index (κ1) is 12.4. The molecule has 0 aliphatic rings. The SMILES string of the molecule is COCCOC(=O)CNC(C)(C)C. The van der Waals surface area contributed by atoms with E-state index < -0.39 is 0 Å². The summed E-state index contributed by atoms with van der Waals surface area (Å²) in [6, 6.07) is 0. The number of esters is 1. The molecule has 0 saturated heterocycles. The third kappa shape index (κ3) is 9.30. The molecule has 0 atom stereocenters. The van der Waals surface area contributed by atoms with Crippen molar-refractivity contribution >= 4 is 5.97 Å². The summed E-state index contributed by atoms with van der Waals surface area (Å²) in [7, 11) is 1.57. The minimum absolute atomic E-state index is 0.0553. The van der Waals surface area contributed by atoms with Crippen LogP contribution in [0.4, 0.5) is 0 Å². The van der Waals surface area contributed by atoms with Crippen molar-refractivity contribution < 1.29 is 14.3 Å². The van der Waals surface area contributed by atoms with Gasteiger partial charge in [0.25, 0.3) is 0 Å². The van der Waals surface area contributed by atoms with E-state index in [1.54, 1.807) is 7.11 Å². The molecule has 0 fully saturated rings. The summed E-state index contributed by atoms with van der Waals surface area (Å²) in [5.41, 5.74) is -0.0553. The fourth-order valence-electron chi connectivity index (χ4n) is 0.627. The first-order chi connectivity index (χ1) is 5.95. The molecule has 4 heteroatoms. The van der Waals surface area contributed by atoms with Crippen LogP contribution in [0.2, 0.25) is 0 Å². The Hall–Kier alpha value is -0.610. The minimum atomic E-state index is -0.244. The van der Waals surface area contributed by atoms with Crippen molar-refractivity contribution in [1.82, 2.24) is 5.32 Å². The number of hydrogen-bond acceptors (Lipinski definition) is 4. The lowest BCUT2D eigenvalue weighted by Gasteiger charge is -2.19. The molecule has 78 valence electrons. The zero-order valence-corrected chi connectivity index (χ0v) is 8.85. The normalized spacial score (nSPS) is 11.4. The number of methoxy groups -OCH3 is 1. The molecule has 0 aromatic rings. The Labute approximate surface area is 79.6 Å². The molecule has 0 aromatic carbocycles. The van der Waals surface area contributed by atoms with Crippen LogP contribution in [0.1, 0.15) is 20.8 Å².